The van der Waals surface area contributed by atoms with Crippen LogP contribution in [0.4, 0.5) is 4.79 Å². The van der Waals surface area contributed by atoms with Gasteiger partial charge in [0.1, 0.15) is 5.69 Å². The van der Waals surface area contributed by atoms with Crippen molar-refractivity contribution in [2.45, 2.75) is 31.2 Å². The SMILES string of the molecule is CCOC(=O)N1CCC(c2cccc(Cl)c2)C(NC(=O)c2cc(-c3cccc(Cl)c3)c3cc(C(c4ccc(Cl)cc4)c4cncn4C)ccc3n2)C1. The van der Waals surface area contributed by atoms with Crippen LogP contribution in [0.2, 0.25) is 15.1 Å². The highest BCUT2D eigenvalue weighted by molar-refractivity contribution is 6.31. The van der Waals surface area contributed by atoms with E-state index in [1.165, 1.54) is 0 Å². The average molecular weight is 753 g/mol. The number of hydrogen-bond donors (Lipinski definition) is 1. The van der Waals surface area contributed by atoms with Gasteiger partial charge in [-0.15, -0.1) is 0 Å². The number of rotatable bonds is 8. The fourth-order valence-electron chi connectivity index (χ4n) is 7.13. The number of carbonyl (C=O) groups is 2. The fourth-order valence-corrected chi connectivity index (χ4v) is 7.64. The molecule has 1 aliphatic rings. The maximum Gasteiger partial charge on any atom is 0.409 e. The maximum absolute atomic E-state index is 14.3. The van der Waals surface area contributed by atoms with Crippen molar-refractivity contribution in [2.24, 2.45) is 7.05 Å². The molecule has 4 aromatic carbocycles. The van der Waals surface area contributed by atoms with Crippen LogP contribution < -0.4 is 5.32 Å². The summed E-state index contributed by atoms with van der Waals surface area (Å²) in [6, 6.07) is 30.5. The first-order valence-corrected chi connectivity index (χ1v) is 18.2. The van der Waals surface area contributed by atoms with Crippen molar-refractivity contribution >= 4 is 57.7 Å². The summed E-state index contributed by atoms with van der Waals surface area (Å²) in [5.41, 5.74) is 6.62. The van der Waals surface area contributed by atoms with E-state index in [2.05, 4.69) is 16.4 Å². The lowest BCUT2D eigenvalue weighted by atomic mass is 9.85. The molecule has 0 radical (unpaired) electrons. The molecule has 264 valence electrons. The summed E-state index contributed by atoms with van der Waals surface area (Å²) < 4.78 is 7.32. The van der Waals surface area contributed by atoms with Crippen molar-refractivity contribution < 1.29 is 14.3 Å². The minimum absolute atomic E-state index is 0.0828. The summed E-state index contributed by atoms with van der Waals surface area (Å²) in [6.07, 6.45) is 3.88. The summed E-state index contributed by atoms with van der Waals surface area (Å²) in [5, 5.41) is 5.93. The number of nitrogens with zero attached hydrogens (tertiary/aromatic N) is 4. The summed E-state index contributed by atoms with van der Waals surface area (Å²) in [6.45, 7) is 2.81. The molecule has 3 atom stereocenters. The van der Waals surface area contributed by atoms with Crippen molar-refractivity contribution in [3.8, 4) is 11.1 Å². The molecule has 1 saturated heterocycles. The van der Waals surface area contributed by atoms with E-state index in [0.29, 0.717) is 33.6 Å². The van der Waals surface area contributed by atoms with Crippen LogP contribution in [-0.2, 0) is 11.8 Å². The molecular weight excluding hydrogens is 717 g/mol. The Morgan fingerprint density at radius 2 is 1.65 bits per heavy atom. The number of piperidine rings is 1. The number of pyridine rings is 1. The zero-order chi connectivity index (χ0) is 36.4. The molecule has 2 aromatic heterocycles. The summed E-state index contributed by atoms with van der Waals surface area (Å²) in [5.74, 6) is -0.590. The van der Waals surface area contributed by atoms with Gasteiger partial charge in [-0.25, -0.2) is 14.8 Å². The first-order chi connectivity index (χ1) is 25.2. The number of amides is 2. The molecule has 0 saturated carbocycles. The molecule has 0 aliphatic carbocycles. The highest BCUT2D eigenvalue weighted by Crippen LogP contribution is 2.37. The van der Waals surface area contributed by atoms with Gasteiger partial charge in [0.05, 0.1) is 30.4 Å². The molecule has 0 bridgehead atoms. The topological polar surface area (TPSA) is 89.4 Å². The second kappa shape index (κ2) is 15.4. The molecule has 6 aromatic rings. The Kier molecular flexibility index (Phi) is 10.5. The van der Waals surface area contributed by atoms with Crippen LogP contribution in [0.25, 0.3) is 22.0 Å². The molecule has 3 heterocycles. The van der Waals surface area contributed by atoms with Crippen molar-refractivity contribution in [3.05, 3.63) is 153 Å². The van der Waals surface area contributed by atoms with Gasteiger partial charge in [0.2, 0.25) is 0 Å². The number of benzene rings is 4. The Morgan fingerprint density at radius 1 is 0.904 bits per heavy atom. The van der Waals surface area contributed by atoms with E-state index in [0.717, 1.165) is 38.9 Å². The van der Waals surface area contributed by atoms with Crippen LogP contribution in [-0.4, -0.2) is 57.2 Å². The summed E-state index contributed by atoms with van der Waals surface area (Å²) in [4.78, 5) is 38.0. The number of likely N-dealkylation sites (tertiary alicyclic amines) is 1. The second-order valence-corrected chi connectivity index (χ2v) is 14.2. The highest BCUT2D eigenvalue weighted by Gasteiger charge is 2.35. The number of nitrogens with one attached hydrogen (secondary N) is 1. The lowest BCUT2D eigenvalue weighted by Crippen LogP contribution is -2.53. The molecule has 11 heteroatoms. The van der Waals surface area contributed by atoms with E-state index in [9.17, 15) is 9.59 Å². The summed E-state index contributed by atoms with van der Waals surface area (Å²) in [7, 11) is 1.98. The largest absolute Gasteiger partial charge is 0.450 e. The Labute approximate surface area is 317 Å². The first-order valence-electron chi connectivity index (χ1n) is 17.1. The van der Waals surface area contributed by atoms with Crippen LogP contribution in [0.5, 0.6) is 0 Å². The first kappa shape index (κ1) is 35.5. The molecule has 1 fully saturated rings. The van der Waals surface area contributed by atoms with Gasteiger partial charge in [0.25, 0.3) is 5.91 Å². The van der Waals surface area contributed by atoms with Crippen LogP contribution in [0.15, 0.2) is 110 Å². The molecule has 2 amide bonds. The highest BCUT2D eigenvalue weighted by atomic mass is 35.5. The van der Waals surface area contributed by atoms with E-state index in [4.69, 9.17) is 44.5 Å². The van der Waals surface area contributed by atoms with Crippen molar-refractivity contribution in [3.63, 3.8) is 0 Å². The van der Waals surface area contributed by atoms with Gasteiger partial charge in [0.15, 0.2) is 0 Å². The standard InChI is InChI=1S/C41H36Cl3N5O3/c1-3-52-41(51)49-17-16-32(26-6-4-8-30(43)18-26)37(23-49)47-40(50)36-21-33(27-7-5-9-31(44)19-27)34-20-28(12-15-35(34)46-36)39(38-22-45-24-48(38)2)25-10-13-29(42)14-11-25/h4-15,18-22,24,32,37,39H,3,16-17,23H2,1-2H3,(H,47,50). The summed E-state index contributed by atoms with van der Waals surface area (Å²) >= 11 is 19.2. The van der Waals surface area contributed by atoms with Gasteiger partial charge in [-0.05, 0) is 95.8 Å². The van der Waals surface area contributed by atoms with Crippen molar-refractivity contribution in [1.29, 1.82) is 0 Å². The zero-order valence-electron chi connectivity index (χ0n) is 28.6. The number of aromatic nitrogens is 3. The van der Waals surface area contributed by atoms with Crippen molar-refractivity contribution in [1.82, 2.24) is 24.8 Å². The monoisotopic (exact) mass is 751 g/mol. The zero-order valence-corrected chi connectivity index (χ0v) is 30.9. The third-order valence-electron chi connectivity index (χ3n) is 9.62. The van der Waals surface area contributed by atoms with Crippen LogP contribution in [0.1, 0.15) is 58.1 Å². The van der Waals surface area contributed by atoms with Gasteiger partial charge < -0.3 is 19.5 Å². The van der Waals surface area contributed by atoms with Crippen LogP contribution in [0.3, 0.4) is 0 Å². The third kappa shape index (κ3) is 7.51. The predicted octanol–water partition coefficient (Wildman–Crippen LogP) is 9.52. The Hall–Kier alpha value is -4.89. The number of ether oxygens (including phenoxy) is 1. The Balaban J connectivity index is 1.30. The number of hydrogen-bond acceptors (Lipinski definition) is 5. The van der Waals surface area contributed by atoms with Crippen LogP contribution in [0, 0.1) is 0 Å². The van der Waals surface area contributed by atoms with Crippen LogP contribution >= 0.6 is 34.8 Å². The minimum atomic E-state index is -0.419. The number of aryl methyl sites for hydroxylation is 1. The van der Waals surface area contributed by atoms with E-state index in [1.54, 1.807) is 18.2 Å². The molecule has 3 unspecified atom stereocenters. The lowest BCUT2D eigenvalue weighted by molar-refractivity contribution is 0.0785. The average Bonchev–Trinajstić information content (AvgIpc) is 3.56. The van der Waals surface area contributed by atoms with Gasteiger partial charge in [-0.3, -0.25) is 4.79 Å². The van der Waals surface area contributed by atoms with Gasteiger partial charge in [0, 0.05) is 58.4 Å². The van der Waals surface area contributed by atoms with Crippen molar-refractivity contribution in [2.75, 3.05) is 19.7 Å². The lowest BCUT2D eigenvalue weighted by Gasteiger charge is -2.38. The number of halogens is 3. The Morgan fingerprint density at radius 3 is 2.37 bits per heavy atom. The number of imidazole rings is 1. The molecule has 7 rings (SSSR count). The Bertz CT molecular complexity index is 2260. The second-order valence-electron chi connectivity index (χ2n) is 12.9. The predicted molar refractivity (Wildman–Crippen MR) is 206 cm³/mol. The molecular formula is C41H36Cl3N5O3. The smallest absolute Gasteiger partial charge is 0.409 e. The number of fused-ring (bicyclic) bond motifs is 1. The quantitative estimate of drug-likeness (QED) is 0.167. The third-order valence-corrected chi connectivity index (χ3v) is 10.3. The maximum atomic E-state index is 14.3. The van der Waals surface area contributed by atoms with Gasteiger partial charge in [-0.2, -0.15) is 0 Å². The molecule has 52 heavy (non-hydrogen) atoms. The number of carbonyl (C=O) groups excluding carboxylic acids is 2. The molecule has 1 N–H and O–H groups in total. The van der Waals surface area contributed by atoms with E-state index >= 15 is 0 Å². The van der Waals surface area contributed by atoms with Gasteiger partial charge in [-0.1, -0.05) is 77.3 Å². The van der Waals surface area contributed by atoms with E-state index in [1.807, 2.05) is 109 Å². The molecule has 0 spiro atoms. The normalized spacial score (nSPS) is 16.4. The fraction of sp³-hybridized carbons (Fsp3) is 0.220. The van der Waals surface area contributed by atoms with Gasteiger partial charge >= 0.3 is 6.09 Å². The molecule has 8 nitrogen and oxygen atoms in total. The van der Waals surface area contributed by atoms with E-state index in [-0.39, 0.29) is 36.6 Å². The minimum Gasteiger partial charge on any atom is -0.450 e. The molecule has 1 aliphatic heterocycles. The van der Waals surface area contributed by atoms with E-state index < -0.39 is 12.1 Å².